The van der Waals surface area contributed by atoms with Gasteiger partial charge >= 0.3 is 0 Å². The molecule has 0 aliphatic rings. The highest BCUT2D eigenvalue weighted by Gasteiger charge is 2.13. The number of unbranched alkanes of at least 4 members (excludes halogenated alkanes) is 1. The van der Waals surface area contributed by atoms with Crippen LogP contribution >= 0.6 is 0 Å². The van der Waals surface area contributed by atoms with Gasteiger partial charge in [0.25, 0.3) is 0 Å². The van der Waals surface area contributed by atoms with Crippen molar-refractivity contribution in [1.29, 1.82) is 0 Å². The molecule has 0 fully saturated rings. The van der Waals surface area contributed by atoms with Crippen molar-refractivity contribution in [3.63, 3.8) is 0 Å². The summed E-state index contributed by atoms with van der Waals surface area (Å²) in [5.74, 6) is 1.58. The fourth-order valence-corrected chi connectivity index (χ4v) is 2.20. The maximum atomic E-state index is 5.62. The first-order chi connectivity index (χ1) is 8.11. The molecule has 0 aromatic heterocycles. The summed E-state index contributed by atoms with van der Waals surface area (Å²) in [6.07, 6.45) is 3.27. The third-order valence-electron chi connectivity index (χ3n) is 3.23. The van der Waals surface area contributed by atoms with Crippen molar-refractivity contribution in [2.24, 2.45) is 5.73 Å². The fourth-order valence-electron chi connectivity index (χ4n) is 2.20. The van der Waals surface area contributed by atoms with Crippen LogP contribution in [0.25, 0.3) is 0 Å². The zero-order chi connectivity index (χ0) is 12.8. The lowest BCUT2D eigenvalue weighted by atomic mass is 9.93. The molecular weight excluding hydrogens is 210 g/mol. The highest BCUT2D eigenvalue weighted by Crippen LogP contribution is 2.33. The Labute approximate surface area is 105 Å². The molecule has 2 heteroatoms. The number of hydrogen-bond donors (Lipinski definition) is 1. The van der Waals surface area contributed by atoms with Gasteiger partial charge in [-0.05, 0) is 55.3 Å². The lowest BCUT2D eigenvalue weighted by Gasteiger charge is -2.18. The number of benzene rings is 1. The lowest BCUT2D eigenvalue weighted by Crippen LogP contribution is -2.04. The Balaban J connectivity index is 3.03. The molecule has 1 aromatic rings. The molecule has 0 radical (unpaired) electrons. The number of aryl methyl sites for hydroxylation is 1. The van der Waals surface area contributed by atoms with E-state index < -0.39 is 0 Å². The van der Waals surface area contributed by atoms with Crippen LogP contribution in [0.3, 0.4) is 0 Å². The van der Waals surface area contributed by atoms with Crippen molar-refractivity contribution < 1.29 is 4.74 Å². The molecule has 17 heavy (non-hydrogen) atoms. The van der Waals surface area contributed by atoms with E-state index in [1.165, 1.54) is 16.7 Å². The average molecular weight is 235 g/mol. The molecule has 0 bridgehead atoms. The Kier molecular flexibility index (Phi) is 5.49. The van der Waals surface area contributed by atoms with Crippen LogP contribution in [0.15, 0.2) is 12.1 Å². The molecule has 2 nitrogen and oxygen atoms in total. The Bertz CT molecular complexity index is 358. The van der Waals surface area contributed by atoms with Crippen molar-refractivity contribution >= 4 is 0 Å². The maximum absolute atomic E-state index is 5.62. The number of hydrogen-bond acceptors (Lipinski definition) is 2. The van der Waals surface area contributed by atoms with Crippen molar-refractivity contribution in [3.8, 4) is 5.75 Å². The normalized spacial score (nSPS) is 10.9. The second-order valence-corrected chi connectivity index (χ2v) is 4.88. The van der Waals surface area contributed by atoms with Gasteiger partial charge in [0.15, 0.2) is 0 Å². The molecule has 0 unspecified atom stereocenters. The van der Waals surface area contributed by atoms with Crippen LogP contribution < -0.4 is 10.5 Å². The van der Waals surface area contributed by atoms with Gasteiger partial charge in [-0.2, -0.15) is 0 Å². The van der Waals surface area contributed by atoms with Crippen molar-refractivity contribution in [2.45, 2.75) is 46.0 Å². The van der Waals surface area contributed by atoms with Crippen LogP contribution in [0.2, 0.25) is 0 Å². The maximum Gasteiger partial charge on any atom is 0.125 e. The summed E-state index contributed by atoms with van der Waals surface area (Å²) >= 11 is 0. The summed E-state index contributed by atoms with van der Waals surface area (Å²) in [5.41, 5.74) is 9.53. The molecule has 0 aliphatic carbocycles. The Morgan fingerprint density at radius 2 is 1.94 bits per heavy atom. The summed E-state index contributed by atoms with van der Waals surface area (Å²) in [6, 6.07) is 4.39. The highest BCUT2D eigenvalue weighted by atomic mass is 16.5. The Morgan fingerprint density at radius 1 is 1.24 bits per heavy atom. The fraction of sp³-hybridized carbons (Fsp3) is 0.600. The zero-order valence-electron chi connectivity index (χ0n) is 11.5. The summed E-state index contributed by atoms with van der Waals surface area (Å²) in [7, 11) is 1.77. The quantitative estimate of drug-likeness (QED) is 0.767. The van der Waals surface area contributed by atoms with Crippen molar-refractivity contribution in [2.75, 3.05) is 13.7 Å². The lowest BCUT2D eigenvalue weighted by molar-refractivity contribution is 0.401. The van der Waals surface area contributed by atoms with E-state index in [4.69, 9.17) is 10.5 Å². The van der Waals surface area contributed by atoms with Gasteiger partial charge < -0.3 is 10.5 Å². The second-order valence-electron chi connectivity index (χ2n) is 4.88. The van der Waals surface area contributed by atoms with Gasteiger partial charge in [-0.1, -0.05) is 26.0 Å². The van der Waals surface area contributed by atoms with E-state index in [9.17, 15) is 0 Å². The van der Waals surface area contributed by atoms with Crippen LogP contribution in [0.5, 0.6) is 5.75 Å². The third-order valence-corrected chi connectivity index (χ3v) is 3.23. The van der Waals surface area contributed by atoms with Crippen LogP contribution in [0.1, 0.15) is 49.3 Å². The minimum absolute atomic E-state index is 0.499. The van der Waals surface area contributed by atoms with E-state index in [-0.39, 0.29) is 0 Å². The first kappa shape index (κ1) is 14.0. The SMILES string of the molecule is COc1c(C(C)C)ccc(C)c1CCCCN. The number of nitrogens with two attached hydrogens (primary N) is 1. The second kappa shape index (κ2) is 6.65. The molecule has 0 amide bonds. The van der Waals surface area contributed by atoms with Gasteiger partial charge in [-0.3, -0.25) is 0 Å². The topological polar surface area (TPSA) is 35.2 Å². The minimum Gasteiger partial charge on any atom is -0.496 e. The summed E-state index contributed by atoms with van der Waals surface area (Å²) in [6.45, 7) is 7.34. The molecule has 0 spiro atoms. The van der Waals surface area contributed by atoms with Crippen LogP contribution in [0, 0.1) is 6.92 Å². The van der Waals surface area contributed by atoms with E-state index in [0.29, 0.717) is 5.92 Å². The summed E-state index contributed by atoms with van der Waals surface area (Å²) in [5, 5.41) is 0. The van der Waals surface area contributed by atoms with Crippen molar-refractivity contribution in [3.05, 3.63) is 28.8 Å². The molecule has 0 saturated carbocycles. The third kappa shape index (κ3) is 3.47. The van der Waals surface area contributed by atoms with Gasteiger partial charge in [0.2, 0.25) is 0 Å². The van der Waals surface area contributed by atoms with E-state index in [1.807, 2.05) is 0 Å². The van der Waals surface area contributed by atoms with E-state index in [0.717, 1.165) is 31.6 Å². The average Bonchev–Trinajstić information content (AvgIpc) is 2.30. The molecule has 0 heterocycles. The number of methoxy groups -OCH3 is 1. The molecule has 2 N–H and O–H groups in total. The predicted molar refractivity (Wildman–Crippen MR) is 73.8 cm³/mol. The zero-order valence-corrected chi connectivity index (χ0v) is 11.5. The van der Waals surface area contributed by atoms with E-state index in [1.54, 1.807) is 7.11 Å². The Hall–Kier alpha value is -1.02. The van der Waals surface area contributed by atoms with Crippen molar-refractivity contribution in [1.82, 2.24) is 0 Å². The van der Waals surface area contributed by atoms with Gasteiger partial charge in [-0.15, -0.1) is 0 Å². The molecule has 96 valence electrons. The van der Waals surface area contributed by atoms with E-state index >= 15 is 0 Å². The number of rotatable bonds is 6. The van der Waals surface area contributed by atoms with Gasteiger partial charge in [0.05, 0.1) is 7.11 Å². The van der Waals surface area contributed by atoms with Crippen LogP contribution in [0.4, 0.5) is 0 Å². The van der Waals surface area contributed by atoms with Gasteiger partial charge in [0.1, 0.15) is 5.75 Å². The van der Waals surface area contributed by atoms with E-state index in [2.05, 4.69) is 32.9 Å². The highest BCUT2D eigenvalue weighted by molar-refractivity contribution is 5.47. The smallest absolute Gasteiger partial charge is 0.125 e. The monoisotopic (exact) mass is 235 g/mol. The first-order valence-electron chi connectivity index (χ1n) is 6.48. The molecule has 0 saturated heterocycles. The standard InChI is InChI=1S/C15H25NO/c1-11(2)13-9-8-12(3)14(15(13)17-4)7-5-6-10-16/h8-9,11H,5-7,10,16H2,1-4H3. The predicted octanol–water partition coefficient (Wildman–Crippen LogP) is 3.41. The minimum atomic E-state index is 0.499. The largest absolute Gasteiger partial charge is 0.496 e. The number of ether oxygens (including phenoxy) is 1. The summed E-state index contributed by atoms with van der Waals surface area (Å²) in [4.78, 5) is 0. The van der Waals surface area contributed by atoms with Gasteiger partial charge in [-0.25, -0.2) is 0 Å². The van der Waals surface area contributed by atoms with Gasteiger partial charge in [0, 0.05) is 0 Å². The van der Waals surface area contributed by atoms with Crippen LogP contribution in [-0.4, -0.2) is 13.7 Å². The molecule has 1 rings (SSSR count). The Morgan fingerprint density at radius 3 is 2.47 bits per heavy atom. The summed E-state index contributed by atoms with van der Waals surface area (Å²) < 4.78 is 5.62. The van der Waals surface area contributed by atoms with Crippen LogP contribution in [-0.2, 0) is 6.42 Å². The first-order valence-corrected chi connectivity index (χ1v) is 6.48. The molecular formula is C15H25NO. The molecule has 0 aliphatic heterocycles. The molecule has 1 aromatic carbocycles. The molecule has 0 atom stereocenters.